The average Bonchev–Trinajstić information content (AvgIpc) is 2.35. The number of hydrogen-bond donors (Lipinski definition) is 3. The lowest BCUT2D eigenvalue weighted by Gasteiger charge is -2.23. The van der Waals surface area contributed by atoms with Crippen LogP contribution in [-0.2, 0) is 0 Å². The lowest BCUT2D eigenvalue weighted by molar-refractivity contribution is 0.232. The summed E-state index contributed by atoms with van der Waals surface area (Å²) in [4.78, 5) is 0. The zero-order chi connectivity index (χ0) is 12.7. The number of aliphatic hydroxyl groups excluding tert-OH is 1. The van der Waals surface area contributed by atoms with Gasteiger partial charge in [0.05, 0.1) is 12.6 Å². The molecule has 2 atom stereocenters. The van der Waals surface area contributed by atoms with Crippen molar-refractivity contribution < 1.29 is 5.11 Å². The van der Waals surface area contributed by atoms with Crippen molar-refractivity contribution in [3.63, 3.8) is 0 Å². The molecule has 96 valence electrons. The first-order valence-corrected chi connectivity index (χ1v) is 6.28. The van der Waals surface area contributed by atoms with Gasteiger partial charge in [-0.05, 0) is 23.9 Å². The lowest BCUT2D eigenvalue weighted by atomic mass is 9.95. The fraction of sp³-hybridized carbons (Fsp3) is 0.571. The van der Waals surface area contributed by atoms with E-state index in [1.807, 2.05) is 30.3 Å². The van der Waals surface area contributed by atoms with E-state index in [1.165, 1.54) is 0 Å². The third-order valence-corrected chi connectivity index (χ3v) is 3.26. The van der Waals surface area contributed by atoms with E-state index in [0.29, 0.717) is 18.4 Å². The molecule has 0 spiro atoms. The van der Waals surface area contributed by atoms with Gasteiger partial charge in [0, 0.05) is 6.54 Å². The van der Waals surface area contributed by atoms with Crippen LogP contribution >= 0.6 is 0 Å². The second-order valence-corrected chi connectivity index (χ2v) is 4.79. The van der Waals surface area contributed by atoms with Crippen molar-refractivity contribution in [2.45, 2.75) is 19.9 Å². The monoisotopic (exact) mass is 236 g/mol. The molecule has 17 heavy (non-hydrogen) atoms. The lowest BCUT2D eigenvalue weighted by Crippen LogP contribution is -2.35. The molecule has 1 rings (SSSR count). The maximum absolute atomic E-state index is 9.41. The largest absolute Gasteiger partial charge is 0.394 e. The van der Waals surface area contributed by atoms with E-state index < -0.39 is 0 Å². The zero-order valence-electron chi connectivity index (χ0n) is 10.8. The molecule has 0 fully saturated rings. The van der Waals surface area contributed by atoms with Gasteiger partial charge in [0.25, 0.3) is 0 Å². The van der Waals surface area contributed by atoms with Crippen LogP contribution in [0.2, 0.25) is 0 Å². The van der Waals surface area contributed by atoms with Crippen molar-refractivity contribution in [3.05, 3.63) is 35.9 Å². The van der Waals surface area contributed by atoms with E-state index in [1.54, 1.807) is 0 Å². The van der Waals surface area contributed by atoms with Crippen molar-refractivity contribution in [2.75, 3.05) is 19.7 Å². The molecule has 0 heterocycles. The number of hydrogen-bond acceptors (Lipinski definition) is 3. The topological polar surface area (TPSA) is 58.3 Å². The number of nitrogens with one attached hydrogen (secondary N) is 1. The van der Waals surface area contributed by atoms with Crippen LogP contribution in [0.1, 0.15) is 25.5 Å². The van der Waals surface area contributed by atoms with E-state index >= 15 is 0 Å². The van der Waals surface area contributed by atoms with Crippen LogP contribution in [0.15, 0.2) is 30.3 Å². The molecule has 0 saturated carbocycles. The van der Waals surface area contributed by atoms with Gasteiger partial charge < -0.3 is 16.2 Å². The van der Waals surface area contributed by atoms with E-state index in [0.717, 1.165) is 12.1 Å². The Morgan fingerprint density at radius 2 is 1.88 bits per heavy atom. The molecule has 0 amide bonds. The van der Waals surface area contributed by atoms with Gasteiger partial charge in [-0.15, -0.1) is 0 Å². The highest BCUT2D eigenvalue weighted by Crippen LogP contribution is 2.14. The highest BCUT2D eigenvalue weighted by Gasteiger charge is 2.15. The van der Waals surface area contributed by atoms with Crippen LogP contribution in [-0.4, -0.2) is 24.8 Å². The zero-order valence-corrected chi connectivity index (χ0v) is 10.8. The van der Waals surface area contributed by atoms with Crippen LogP contribution in [0.3, 0.4) is 0 Å². The Morgan fingerprint density at radius 3 is 2.35 bits per heavy atom. The van der Waals surface area contributed by atoms with E-state index in [-0.39, 0.29) is 12.6 Å². The predicted molar refractivity (Wildman–Crippen MR) is 71.7 cm³/mol. The van der Waals surface area contributed by atoms with Crippen LogP contribution < -0.4 is 11.1 Å². The summed E-state index contributed by atoms with van der Waals surface area (Å²) in [5, 5.41) is 12.8. The Labute approximate surface area is 104 Å². The highest BCUT2D eigenvalue weighted by molar-refractivity contribution is 5.18. The molecule has 0 aliphatic rings. The first-order valence-electron chi connectivity index (χ1n) is 6.28. The molecular formula is C14H24N2O. The van der Waals surface area contributed by atoms with Gasteiger partial charge in [-0.1, -0.05) is 44.2 Å². The van der Waals surface area contributed by atoms with Gasteiger partial charge in [-0.25, -0.2) is 0 Å². The van der Waals surface area contributed by atoms with Crippen LogP contribution in [0, 0.1) is 11.8 Å². The minimum absolute atomic E-state index is 0.00370. The van der Waals surface area contributed by atoms with Gasteiger partial charge in [0.15, 0.2) is 0 Å². The van der Waals surface area contributed by atoms with Gasteiger partial charge in [0.2, 0.25) is 0 Å². The SMILES string of the molecule is CC(C)C(CN)CNC(CO)c1ccccc1. The summed E-state index contributed by atoms with van der Waals surface area (Å²) in [7, 11) is 0. The Bertz CT molecular complexity index is 300. The third kappa shape index (κ3) is 4.46. The fourth-order valence-electron chi connectivity index (χ4n) is 1.86. The summed E-state index contributed by atoms with van der Waals surface area (Å²) in [5.74, 6) is 1.01. The van der Waals surface area contributed by atoms with Crippen LogP contribution in [0.4, 0.5) is 0 Å². The smallest absolute Gasteiger partial charge is 0.0626 e. The maximum atomic E-state index is 9.41. The highest BCUT2D eigenvalue weighted by atomic mass is 16.3. The first-order chi connectivity index (χ1) is 8.19. The molecule has 2 unspecified atom stereocenters. The summed E-state index contributed by atoms with van der Waals surface area (Å²) in [6.07, 6.45) is 0. The van der Waals surface area contributed by atoms with Gasteiger partial charge in [0.1, 0.15) is 0 Å². The van der Waals surface area contributed by atoms with Crippen molar-refractivity contribution in [1.29, 1.82) is 0 Å². The van der Waals surface area contributed by atoms with Crippen LogP contribution in [0.25, 0.3) is 0 Å². The van der Waals surface area contributed by atoms with Gasteiger partial charge in [-0.3, -0.25) is 0 Å². The Hall–Kier alpha value is -0.900. The molecule has 0 saturated heterocycles. The molecule has 1 aromatic carbocycles. The normalized spacial score (nSPS) is 14.9. The van der Waals surface area contributed by atoms with Crippen LogP contribution in [0.5, 0.6) is 0 Å². The van der Waals surface area contributed by atoms with E-state index in [9.17, 15) is 5.11 Å². The van der Waals surface area contributed by atoms with Gasteiger partial charge in [-0.2, -0.15) is 0 Å². The second-order valence-electron chi connectivity index (χ2n) is 4.79. The molecule has 0 radical (unpaired) electrons. The Balaban J connectivity index is 2.53. The minimum Gasteiger partial charge on any atom is -0.394 e. The number of aliphatic hydroxyl groups is 1. The molecular weight excluding hydrogens is 212 g/mol. The first kappa shape index (κ1) is 14.2. The molecule has 0 aliphatic heterocycles. The van der Waals surface area contributed by atoms with E-state index in [2.05, 4.69) is 19.2 Å². The third-order valence-electron chi connectivity index (χ3n) is 3.26. The maximum Gasteiger partial charge on any atom is 0.0626 e. The summed E-state index contributed by atoms with van der Waals surface area (Å²) in [5.41, 5.74) is 6.86. The Morgan fingerprint density at radius 1 is 1.24 bits per heavy atom. The summed E-state index contributed by atoms with van der Waals surface area (Å²) in [6.45, 7) is 5.98. The molecule has 3 heteroatoms. The van der Waals surface area contributed by atoms with Crippen molar-refractivity contribution >= 4 is 0 Å². The number of nitrogens with two attached hydrogens (primary N) is 1. The van der Waals surface area contributed by atoms with Crippen molar-refractivity contribution in [3.8, 4) is 0 Å². The van der Waals surface area contributed by atoms with Crippen molar-refractivity contribution in [1.82, 2.24) is 5.32 Å². The van der Waals surface area contributed by atoms with Gasteiger partial charge >= 0.3 is 0 Å². The summed E-state index contributed by atoms with van der Waals surface area (Å²) in [6, 6.07) is 10.0. The average molecular weight is 236 g/mol. The molecule has 4 N–H and O–H groups in total. The molecule has 3 nitrogen and oxygen atoms in total. The number of benzene rings is 1. The Kier molecular flexibility index (Phi) is 6.19. The second kappa shape index (κ2) is 7.43. The number of rotatable bonds is 7. The minimum atomic E-state index is 0.00370. The summed E-state index contributed by atoms with van der Waals surface area (Å²) >= 11 is 0. The quantitative estimate of drug-likeness (QED) is 0.673. The molecule has 0 aliphatic carbocycles. The van der Waals surface area contributed by atoms with E-state index in [4.69, 9.17) is 5.73 Å². The molecule has 1 aromatic rings. The molecule has 0 aromatic heterocycles. The predicted octanol–water partition coefficient (Wildman–Crippen LogP) is 1.54. The summed E-state index contributed by atoms with van der Waals surface area (Å²) < 4.78 is 0. The van der Waals surface area contributed by atoms with Crippen molar-refractivity contribution in [2.24, 2.45) is 17.6 Å². The molecule has 0 bridgehead atoms. The fourth-order valence-corrected chi connectivity index (χ4v) is 1.86. The standard InChI is InChI=1S/C14H24N2O/c1-11(2)13(8-15)9-16-14(10-17)12-6-4-3-5-7-12/h3-7,11,13-14,16-17H,8-10,15H2,1-2H3.